The molecule has 1 saturated carbocycles. The minimum absolute atomic E-state index is 0.0358. The zero-order valence-electron chi connectivity index (χ0n) is 16.0. The maximum absolute atomic E-state index is 13.0. The summed E-state index contributed by atoms with van der Waals surface area (Å²) in [6.07, 6.45) is 5.15. The zero-order valence-corrected chi connectivity index (χ0v) is 16.0. The van der Waals surface area contributed by atoms with Crippen LogP contribution in [0.5, 0.6) is 0 Å². The van der Waals surface area contributed by atoms with E-state index in [0.717, 1.165) is 76.5 Å². The van der Waals surface area contributed by atoms with E-state index in [1.807, 2.05) is 4.90 Å². The fourth-order valence-electron chi connectivity index (χ4n) is 4.83. The van der Waals surface area contributed by atoms with Gasteiger partial charge in [0.25, 0.3) is 0 Å². The van der Waals surface area contributed by atoms with Crippen LogP contribution in [0.1, 0.15) is 56.1 Å². The lowest BCUT2D eigenvalue weighted by molar-refractivity contribution is -0.148. The van der Waals surface area contributed by atoms with Crippen molar-refractivity contribution in [3.05, 3.63) is 11.6 Å². The molecule has 4 rings (SSSR count). The van der Waals surface area contributed by atoms with Crippen LogP contribution in [-0.4, -0.2) is 58.3 Å². The Labute approximate surface area is 159 Å². The number of methoxy groups -OCH3 is 1. The van der Waals surface area contributed by atoms with Crippen molar-refractivity contribution in [3.63, 3.8) is 0 Å². The molecule has 0 spiro atoms. The van der Waals surface area contributed by atoms with Gasteiger partial charge in [0.05, 0.1) is 19.6 Å². The number of carbonyl (C=O) groups excluding carboxylic acids is 2. The van der Waals surface area contributed by atoms with Crippen LogP contribution in [0.25, 0.3) is 0 Å². The molecule has 3 heterocycles. The summed E-state index contributed by atoms with van der Waals surface area (Å²) in [6.45, 7) is 4.20. The number of ether oxygens (including phenoxy) is 1. The Morgan fingerprint density at radius 1 is 1.07 bits per heavy atom. The molecule has 1 N–H and O–H groups in total. The monoisotopic (exact) mass is 375 g/mol. The molecule has 27 heavy (non-hydrogen) atoms. The van der Waals surface area contributed by atoms with Crippen LogP contribution in [0.2, 0.25) is 0 Å². The highest BCUT2D eigenvalue weighted by molar-refractivity contribution is 5.80. The lowest BCUT2D eigenvalue weighted by atomic mass is 9.80. The second kappa shape index (κ2) is 7.96. The number of nitrogens with zero attached hydrogens (tertiary/aromatic N) is 4. The van der Waals surface area contributed by atoms with Gasteiger partial charge in [-0.15, -0.1) is 10.2 Å². The molecule has 2 fully saturated rings. The van der Waals surface area contributed by atoms with Crippen LogP contribution in [0.4, 0.5) is 0 Å². The minimum Gasteiger partial charge on any atom is -0.469 e. The third-order valence-electron chi connectivity index (χ3n) is 6.38. The predicted octanol–water partition coefficient (Wildman–Crippen LogP) is 1.07. The van der Waals surface area contributed by atoms with Crippen molar-refractivity contribution in [2.24, 2.45) is 11.8 Å². The molecule has 1 aliphatic carbocycles. The summed E-state index contributed by atoms with van der Waals surface area (Å²) in [5.41, 5.74) is 0. The number of nitrogens with one attached hydrogen (secondary N) is 1. The highest BCUT2D eigenvalue weighted by Gasteiger charge is 2.36. The lowest BCUT2D eigenvalue weighted by Gasteiger charge is -2.36. The second-order valence-electron chi connectivity index (χ2n) is 7.99. The SMILES string of the molecule is COC(=O)C1CCCC(C(=O)N2CCC(c3nnc4n3CCNC4)CC2)C1. The maximum Gasteiger partial charge on any atom is 0.308 e. The third-order valence-corrected chi connectivity index (χ3v) is 6.38. The summed E-state index contributed by atoms with van der Waals surface area (Å²) in [4.78, 5) is 26.8. The average Bonchev–Trinajstić information content (AvgIpc) is 3.17. The fourth-order valence-corrected chi connectivity index (χ4v) is 4.83. The first-order valence-electron chi connectivity index (χ1n) is 10.2. The summed E-state index contributed by atoms with van der Waals surface area (Å²) in [7, 11) is 1.43. The molecule has 2 atom stereocenters. The molecule has 1 aromatic rings. The Morgan fingerprint density at radius 3 is 2.63 bits per heavy atom. The summed E-state index contributed by atoms with van der Waals surface area (Å²) >= 11 is 0. The van der Waals surface area contributed by atoms with Gasteiger partial charge in [0.2, 0.25) is 5.91 Å². The molecular weight excluding hydrogens is 346 g/mol. The smallest absolute Gasteiger partial charge is 0.308 e. The van der Waals surface area contributed by atoms with Crippen molar-refractivity contribution in [3.8, 4) is 0 Å². The van der Waals surface area contributed by atoms with Gasteiger partial charge in [-0.2, -0.15) is 0 Å². The normalized spacial score (nSPS) is 26.5. The van der Waals surface area contributed by atoms with Gasteiger partial charge in [-0.1, -0.05) is 6.42 Å². The molecule has 0 bridgehead atoms. The zero-order chi connectivity index (χ0) is 18.8. The number of esters is 1. The van der Waals surface area contributed by atoms with E-state index in [0.29, 0.717) is 12.3 Å². The molecular formula is C19H29N5O3. The average molecular weight is 375 g/mol. The number of hydrogen-bond donors (Lipinski definition) is 1. The standard InChI is InChI=1S/C19H29N5O3/c1-27-19(26)15-4-2-3-14(11-15)18(25)23-8-5-13(6-9-23)17-22-21-16-12-20-7-10-24(16)17/h13-15,20H,2-12H2,1H3. The molecule has 0 radical (unpaired) electrons. The van der Waals surface area contributed by atoms with Gasteiger partial charge in [-0.3, -0.25) is 9.59 Å². The van der Waals surface area contributed by atoms with E-state index in [4.69, 9.17) is 4.74 Å². The molecule has 3 aliphatic rings. The van der Waals surface area contributed by atoms with E-state index >= 15 is 0 Å². The number of amides is 1. The van der Waals surface area contributed by atoms with Gasteiger partial charge >= 0.3 is 5.97 Å². The van der Waals surface area contributed by atoms with Gasteiger partial charge in [-0.05, 0) is 32.1 Å². The molecule has 2 aliphatic heterocycles. The summed E-state index contributed by atoms with van der Waals surface area (Å²) < 4.78 is 7.13. The third kappa shape index (κ3) is 3.72. The quantitative estimate of drug-likeness (QED) is 0.795. The van der Waals surface area contributed by atoms with Gasteiger partial charge in [0, 0.05) is 38.0 Å². The number of piperidine rings is 1. The van der Waals surface area contributed by atoms with E-state index in [1.165, 1.54) is 7.11 Å². The highest BCUT2D eigenvalue weighted by atomic mass is 16.5. The molecule has 8 nitrogen and oxygen atoms in total. The number of aromatic nitrogens is 3. The molecule has 2 unspecified atom stereocenters. The Bertz CT molecular complexity index is 696. The Morgan fingerprint density at radius 2 is 1.85 bits per heavy atom. The van der Waals surface area contributed by atoms with Crippen LogP contribution in [-0.2, 0) is 27.4 Å². The van der Waals surface area contributed by atoms with E-state index in [1.54, 1.807) is 0 Å². The van der Waals surface area contributed by atoms with Crippen molar-refractivity contribution in [1.29, 1.82) is 0 Å². The first-order valence-corrected chi connectivity index (χ1v) is 10.2. The van der Waals surface area contributed by atoms with E-state index in [-0.39, 0.29) is 23.7 Å². The Balaban J connectivity index is 1.34. The summed E-state index contributed by atoms with van der Waals surface area (Å²) in [5.74, 6) is 2.37. The molecule has 8 heteroatoms. The highest BCUT2D eigenvalue weighted by Crippen LogP contribution is 2.33. The van der Waals surface area contributed by atoms with Crippen LogP contribution in [0.15, 0.2) is 0 Å². The van der Waals surface area contributed by atoms with Crippen molar-refractivity contribution < 1.29 is 14.3 Å². The number of carbonyl (C=O) groups is 2. The first kappa shape index (κ1) is 18.4. The summed E-state index contributed by atoms with van der Waals surface area (Å²) in [5, 5.41) is 12.1. The first-order chi connectivity index (χ1) is 13.2. The van der Waals surface area contributed by atoms with Crippen molar-refractivity contribution in [1.82, 2.24) is 25.0 Å². The van der Waals surface area contributed by atoms with Gasteiger partial charge in [0.1, 0.15) is 11.6 Å². The van der Waals surface area contributed by atoms with Crippen molar-refractivity contribution >= 4 is 11.9 Å². The van der Waals surface area contributed by atoms with Gasteiger partial charge in [0.15, 0.2) is 0 Å². The van der Waals surface area contributed by atoms with Gasteiger partial charge in [-0.25, -0.2) is 0 Å². The largest absolute Gasteiger partial charge is 0.469 e. The molecule has 1 aromatic heterocycles. The topological polar surface area (TPSA) is 89.4 Å². The maximum atomic E-state index is 13.0. The van der Waals surface area contributed by atoms with Crippen molar-refractivity contribution in [2.45, 2.75) is 57.5 Å². The molecule has 1 saturated heterocycles. The Hall–Kier alpha value is -1.96. The van der Waals surface area contributed by atoms with Gasteiger partial charge < -0.3 is 19.5 Å². The fraction of sp³-hybridized carbons (Fsp3) is 0.789. The van der Waals surface area contributed by atoms with Crippen LogP contribution >= 0.6 is 0 Å². The molecule has 0 aromatic carbocycles. The molecule has 148 valence electrons. The van der Waals surface area contributed by atoms with E-state index in [9.17, 15) is 9.59 Å². The van der Waals surface area contributed by atoms with Crippen LogP contribution < -0.4 is 5.32 Å². The van der Waals surface area contributed by atoms with E-state index in [2.05, 4.69) is 20.1 Å². The van der Waals surface area contributed by atoms with Crippen LogP contribution in [0.3, 0.4) is 0 Å². The van der Waals surface area contributed by atoms with E-state index < -0.39 is 0 Å². The van der Waals surface area contributed by atoms with Crippen molar-refractivity contribution in [2.75, 3.05) is 26.7 Å². The Kier molecular flexibility index (Phi) is 5.43. The number of likely N-dealkylation sites (tertiary alicyclic amines) is 1. The predicted molar refractivity (Wildman–Crippen MR) is 97.7 cm³/mol. The number of hydrogen-bond acceptors (Lipinski definition) is 6. The minimum atomic E-state index is -0.169. The summed E-state index contributed by atoms with van der Waals surface area (Å²) in [6, 6.07) is 0. The second-order valence-corrected chi connectivity index (χ2v) is 7.99. The molecule has 1 amide bonds. The van der Waals surface area contributed by atoms with Crippen LogP contribution in [0, 0.1) is 11.8 Å². The lowest BCUT2D eigenvalue weighted by Crippen LogP contribution is -2.43. The number of rotatable bonds is 3. The number of fused-ring (bicyclic) bond motifs is 1.